The fourth-order valence-electron chi connectivity index (χ4n) is 2.18. The molecule has 0 amide bonds. The van der Waals surface area contributed by atoms with E-state index < -0.39 is 0 Å². The second kappa shape index (κ2) is 8.16. The zero-order chi connectivity index (χ0) is 15.0. The van der Waals surface area contributed by atoms with Crippen LogP contribution in [0.5, 0.6) is 0 Å². The highest BCUT2D eigenvalue weighted by Gasteiger charge is 2.13. The lowest BCUT2D eigenvalue weighted by molar-refractivity contribution is 0.753. The molecule has 0 aliphatic carbocycles. The van der Waals surface area contributed by atoms with Gasteiger partial charge in [0.1, 0.15) is 0 Å². The molecule has 2 N–H and O–H groups in total. The van der Waals surface area contributed by atoms with E-state index in [0.29, 0.717) is 5.92 Å². The molecule has 1 aromatic rings. The Morgan fingerprint density at radius 1 is 1.35 bits per heavy atom. The van der Waals surface area contributed by atoms with E-state index in [1.807, 2.05) is 31.2 Å². The van der Waals surface area contributed by atoms with Crippen LogP contribution >= 0.6 is 0 Å². The Morgan fingerprint density at radius 2 is 2.00 bits per heavy atom. The van der Waals surface area contributed by atoms with Gasteiger partial charge in [-0.15, -0.1) is 0 Å². The zero-order valence-corrected chi connectivity index (χ0v) is 12.6. The number of benzene rings is 1. The summed E-state index contributed by atoms with van der Waals surface area (Å²) in [6, 6.07) is 10.3. The standard InChI is InChI=1S/C18H24N2/c1-5-16(18(20-4)11-12-19)13-14(2)15(3)17-9-7-6-8-10-17/h5-12,14H,3,13,19H2,1-2,4H3/b12-11-,16-5+,20-18+/t14-/m0/s1. The van der Waals surface area contributed by atoms with Crippen LogP contribution in [0.25, 0.3) is 5.57 Å². The molecule has 20 heavy (non-hydrogen) atoms. The van der Waals surface area contributed by atoms with Gasteiger partial charge in [0.25, 0.3) is 0 Å². The number of allylic oxidation sites excluding steroid dienone is 4. The van der Waals surface area contributed by atoms with Crippen molar-refractivity contribution in [2.24, 2.45) is 16.6 Å². The van der Waals surface area contributed by atoms with Crippen molar-refractivity contribution in [3.8, 4) is 0 Å². The maximum atomic E-state index is 5.47. The molecule has 2 nitrogen and oxygen atoms in total. The normalized spacial score (nSPS) is 14.6. The summed E-state index contributed by atoms with van der Waals surface area (Å²) in [5.41, 5.74) is 9.94. The molecule has 2 heteroatoms. The van der Waals surface area contributed by atoms with Crippen LogP contribution in [0.15, 0.2) is 65.8 Å². The first-order valence-corrected chi connectivity index (χ1v) is 6.88. The minimum absolute atomic E-state index is 0.353. The van der Waals surface area contributed by atoms with Gasteiger partial charge in [-0.05, 0) is 48.2 Å². The average Bonchev–Trinajstić information content (AvgIpc) is 2.50. The van der Waals surface area contributed by atoms with E-state index in [1.54, 1.807) is 7.05 Å². The number of rotatable bonds is 6. The molecule has 0 aliphatic rings. The number of hydrogen-bond donors (Lipinski definition) is 1. The van der Waals surface area contributed by atoms with Crippen molar-refractivity contribution in [1.29, 1.82) is 0 Å². The van der Waals surface area contributed by atoms with Crippen molar-refractivity contribution in [2.45, 2.75) is 20.3 Å². The summed E-state index contributed by atoms with van der Waals surface area (Å²) >= 11 is 0. The quantitative estimate of drug-likeness (QED) is 0.771. The maximum absolute atomic E-state index is 5.47. The van der Waals surface area contributed by atoms with Crippen molar-refractivity contribution in [2.75, 3.05) is 7.05 Å². The first-order chi connectivity index (χ1) is 9.63. The van der Waals surface area contributed by atoms with Crippen LogP contribution in [0, 0.1) is 5.92 Å². The first kappa shape index (κ1) is 16.0. The second-order valence-corrected chi connectivity index (χ2v) is 4.78. The van der Waals surface area contributed by atoms with E-state index >= 15 is 0 Å². The Morgan fingerprint density at radius 3 is 2.50 bits per heavy atom. The highest BCUT2D eigenvalue weighted by molar-refractivity contribution is 6.08. The minimum Gasteiger partial charge on any atom is -0.405 e. The van der Waals surface area contributed by atoms with Crippen molar-refractivity contribution >= 4 is 11.3 Å². The Labute approximate surface area is 122 Å². The summed E-state index contributed by atoms with van der Waals surface area (Å²) in [5.74, 6) is 0.353. The molecule has 0 saturated heterocycles. The predicted molar refractivity (Wildman–Crippen MR) is 89.7 cm³/mol. The van der Waals surface area contributed by atoms with Gasteiger partial charge in [0.05, 0.1) is 5.71 Å². The number of hydrogen-bond acceptors (Lipinski definition) is 2. The molecule has 0 saturated carbocycles. The van der Waals surface area contributed by atoms with Gasteiger partial charge in [-0.1, -0.05) is 49.9 Å². The Bertz CT molecular complexity index is 522. The number of nitrogens with two attached hydrogens (primary N) is 1. The molecule has 0 fully saturated rings. The van der Waals surface area contributed by atoms with E-state index in [0.717, 1.165) is 17.7 Å². The van der Waals surface area contributed by atoms with Crippen molar-refractivity contribution in [3.05, 3.63) is 66.4 Å². The average molecular weight is 268 g/mol. The molecule has 0 heterocycles. The van der Waals surface area contributed by atoms with E-state index in [9.17, 15) is 0 Å². The summed E-state index contributed by atoms with van der Waals surface area (Å²) in [6.07, 6.45) is 6.37. The molecule has 106 valence electrons. The van der Waals surface area contributed by atoms with Crippen LogP contribution in [0.3, 0.4) is 0 Å². The lowest BCUT2D eigenvalue weighted by Crippen LogP contribution is -2.07. The molecule has 0 spiro atoms. The molecular formula is C18H24N2. The summed E-state index contributed by atoms with van der Waals surface area (Å²) in [4.78, 5) is 4.29. The lowest BCUT2D eigenvalue weighted by atomic mass is 9.88. The number of aliphatic imine (C=N–C) groups is 1. The van der Waals surface area contributed by atoms with Gasteiger partial charge in [-0.3, -0.25) is 4.99 Å². The van der Waals surface area contributed by atoms with Crippen LogP contribution in [0.4, 0.5) is 0 Å². The largest absolute Gasteiger partial charge is 0.405 e. The summed E-state index contributed by atoms with van der Waals surface area (Å²) < 4.78 is 0. The van der Waals surface area contributed by atoms with Gasteiger partial charge < -0.3 is 5.73 Å². The molecule has 0 bridgehead atoms. The third-order valence-electron chi connectivity index (χ3n) is 3.44. The van der Waals surface area contributed by atoms with E-state index in [2.05, 4.69) is 36.7 Å². The molecule has 1 rings (SSSR count). The molecule has 0 aliphatic heterocycles. The Balaban J connectivity index is 2.84. The van der Waals surface area contributed by atoms with Crippen LogP contribution in [-0.4, -0.2) is 12.8 Å². The summed E-state index contributed by atoms with van der Waals surface area (Å²) in [6.45, 7) is 8.46. The summed E-state index contributed by atoms with van der Waals surface area (Å²) in [7, 11) is 1.79. The van der Waals surface area contributed by atoms with Crippen molar-refractivity contribution in [3.63, 3.8) is 0 Å². The number of nitrogens with zero attached hydrogens (tertiary/aromatic N) is 1. The zero-order valence-electron chi connectivity index (χ0n) is 12.6. The smallest absolute Gasteiger partial charge is 0.0613 e. The van der Waals surface area contributed by atoms with Crippen LogP contribution < -0.4 is 5.73 Å². The van der Waals surface area contributed by atoms with Crippen molar-refractivity contribution in [1.82, 2.24) is 0 Å². The minimum atomic E-state index is 0.353. The van der Waals surface area contributed by atoms with Gasteiger partial charge in [0.2, 0.25) is 0 Å². The Kier molecular flexibility index (Phi) is 6.51. The van der Waals surface area contributed by atoms with Gasteiger partial charge in [0, 0.05) is 7.05 Å². The maximum Gasteiger partial charge on any atom is 0.0613 e. The monoisotopic (exact) mass is 268 g/mol. The predicted octanol–water partition coefficient (Wildman–Crippen LogP) is 4.22. The fourth-order valence-corrected chi connectivity index (χ4v) is 2.18. The molecule has 0 unspecified atom stereocenters. The molecule has 1 aromatic carbocycles. The Hall–Kier alpha value is -2.09. The topological polar surface area (TPSA) is 38.4 Å². The van der Waals surface area contributed by atoms with Crippen LogP contribution in [0.1, 0.15) is 25.8 Å². The third kappa shape index (κ3) is 4.23. The van der Waals surface area contributed by atoms with E-state index in [4.69, 9.17) is 5.73 Å². The van der Waals surface area contributed by atoms with Gasteiger partial charge in [-0.25, -0.2) is 0 Å². The second-order valence-electron chi connectivity index (χ2n) is 4.78. The SMILES string of the molecule is C=C(c1ccccc1)[C@@H](C)CC(=C\C)/C(/C=C\N)=N/C. The highest BCUT2D eigenvalue weighted by atomic mass is 14.7. The van der Waals surface area contributed by atoms with E-state index in [1.165, 1.54) is 17.3 Å². The lowest BCUT2D eigenvalue weighted by Gasteiger charge is -2.17. The summed E-state index contributed by atoms with van der Waals surface area (Å²) in [5, 5.41) is 0. The highest BCUT2D eigenvalue weighted by Crippen LogP contribution is 2.27. The fraction of sp³-hybridized carbons (Fsp3) is 0.278. The van der Waals surface area contributed by atoms with E-state index in [-0.39, 0.29) is 0 Å². The third-order valence-corrected chi connectivity index (χ3v) is 3.44. The van der Waals surface area contributed by atoms with Crippen molar-refractivity contribution < 1.29 is 0 Å². The van der Waals surface area contributed by atoms with Gasteiger partial charge in [0.15, 0.2) is 0 Å². The van der Waals surface area contributed by atoms with Gasteiger partial charge >= 0.3 is 0 Å². The van der Waals surface area contributed by atoms with Crippen LogP contribution in [0.2, 0.25) is 0 Å². The van der Waals surface area contributed by atoms with Crippen LogP contribution in [-0.2, 0) is 0 Å². The van der Waals surface area contributed by atoms with Gasteiger partial charge in [-0.2, -0.15) is 0 Å². The molecule has 0 aromatic heterocycles. The molecule has 1 atom stereocenters. The molecular weight excluding hydrogens is 244 g/mol. The molecule has 0 radical (unpaired) electrons. The first-order valence-electron chi connectivity index (χ1n) is 6.88.